The lowest BCUT2D eigenvalue weighted by Gasteiger charge is -2.29. The number of hydrogen-bond acceptors (Lipinski definition) is 4. The predicted molar refractivity (Wildman–Crippen MR) is 80.6 cm³/mol. The van der Waals surface area contributed by atoms with E-state index in [2.05, 4.69) is 5.32 Å². The number of carbonyl (C=O) groups excluding carboxylic acids is 2. The molecule has 3 atom stereocenters. The first kappa shape index (κ1) is 18.0. The second kappa shape index (κ2) is 7.25. The molecule has 2 N–H and O–H groups in total. The van der Waals surface area contributed by atoms with E-state index in [1.54, 1.807) is 0 Å². The maximum atomic E-state index is 12.3. The van der Waals surface area contributed by atoms with Crippen LogP contribution in [-0.2, 0) is 14.3 Å². The van der Waals surface area contributed by atoms with Crippen LogP contribution in [0.1, 0.15) is 60.3 Å². The highest BCUT2D eigenvalue weighted by atomic mass is 16.6. The third kappa shape index (κ3) is 6.04. The van der Waals surface area contributed by atoms with Gasteiger partial charge in [-0.15, -0.1) is 0 Å². The average molecular weight is 299 g/mol. The lowest BCUT2D eigenvalue weighted by Crippen LogP contribution is -2.49. The van der Waals surface area contributed by atoms with Gasteiger partial charge in [0, 0.05) is 5.92 Å². The molecule has 1 aliphatic carbocycles. The maximum Gasteiger partial charge on any atom is 0.329 e. The van der Waals surface area contributed by atoms with Crippen LogP contribution in [-0.4, -0.2) is 34.7 Å². The summed E-state index contributed by atoms with van der Waals surface area (Å²) >= 11 is 0. The van der Waals surface area contributed by atoms with Gasteiger partial charge in [-0.25, -0.2) is 4.79 Å². The van der Waals surface area contributed by atoms with Gasteiger partial charge < -0.3 is 15.2 Å². The van der Waals surface area contributed by atoms with Crippen molar-refractivity contribution in [3.05, 3.63) is 0 Å². The van der Waals surface area contributed by atoms with Gasteiger partial charge in [0.1, 0.15) is 11.6 Å². The summed E-state index contributed by atoms with van der Waals surface area (Å²) in [5.74, 6) is -0.810. The number of ether oxygens (including phenoxy) is 1. The number of aliphatic hydroxyl groups excluding tert-OH is 1. The molecule has 0 radical (unpaired) electrons. The molecule has 122 valence electrons. The molecule has 5 nitrogen and oxygen atoms in total. The minimum Gasteiger partial charge on any atom is -0.458 e. The van der Waals surface area contributed by atoms with Crippen molar-refractivity contribution in [3.63, 3.8) is 0 Å². The smallest absolute Gasteiger partial charge is 0.329 e. The van der Waals surface area contributed by atoms with Gasteiger partial charge in [-0.3, -0.25) is 4.79 Å². The highest BCUT2D eigenvalue weighted by molar-refractivity contribution is 5.86. The molecule has 1 saturated carbocycles. The zero-order chi connectivity index (χ0) is 16.2. The van der Waals surface area contributed by atoms with Gasteiger partial charge in [0.25, 0.3) is 0 Å². The monoisotopic (exact) mass is 299 g/mol. The molecule has 0 aromatic carbocycles. The molecule has 5 heteroatoms. The minimum atomic E-state index is -0.643. The summed E-state index contributed by atoms with van der Waals surface area (Å²) in [5, 5.41) is 12.5. The molecule has 0 bridgehead atoms. The fourth-order valence-electron chi connectivity index (χ4n) is 2.54. The Kier molecular flexibility index (Phi) is 6.20. The zero-order valence-electron chi connectivity index (χ0n) is 13.8. The molecule has 0 heterocycles. The van der Waals surface area contributed by atoms with E-state index in [1.807, 2.05) is 34.6 Å². The summed E-state index contributed by atoms with van der Waals surface area (Å²) in [6.45, 7) is 9.18. The largest absolute Gasteiger partial charge is 0.458 e. The molecule has 0 spiro atoms. The molecule has 1 fully saturated rings. The summed E-state index contributed by atoms with van der Waals surface area (Å²) in [7, 11) is 0. The number of carbonyl (C=O) groups is 2. The van der Waals surface area contributed by atoms with Gasteiger partial charge in [-0.1, -0.05) is 20.3 Å². The SMILES string of the molecule is CC(C)[C@H](NC(=O)C1CCCC(O)C1)C(=O)OC(C)(C)C. The van der Waals surface area contributed by atoms with Crippen molar-refractivity contribution in [1.82, 2.24) is 5.32 Å². The van der Waals surface area contributed by atoms with Gasteiger partial charge in [-0.05, 0) is 46.0 Å². The Morgan fingerprint density at radius 2 is 1.86 bits per heavy atom. The van der Waals surface area contributed by atoms with Crippen molar-refractivity contribution < 1.29 is 19.4 Å². The zero-order valence-corrected chi connectivity index (χ0v) is 13.8. The average Bonchev–Trinajstić information content (AvgIpc) is 2.32. The van der Waals surface area contributed by atoms with E-state index in [0.29, 0.717) is 6.42 Å². The van der Waals surface area contributed by atoms with E-state index in [0.717, 1.165) is 19.3 Å². The van der Waals surface area contributed by atoms with Crippen molar-refractivity contribution in [3.8, 4) is 0 Å². The normalized spacial score (nSPS) is 24.5. The molecular weight excluding hydrogens is 270 g/mol. The fraction of sp³-hybridized carbons (Fsp3) is 0.875. The molecule has 1 aliphatic rings. The molecule has 2 unspecified atom stereocenters. The Morgan fingerprint density at radius 3 is 2.33 bits per heavy atom. The Balaban J connectivity index is 2.65. The highest BCUT2D eigenvalue weighted by Crippen LogP contribution is 2.25. The van der Waals surface area contributed by atoms with Crippen LogP contribution in [0.2, 0.25) is 0 Å². The van der Waals surface area contributed by atoms with Crippen molar-refractivity contribution in [2.24, 2.45) is 11.8 Å². The van der Waals surface area contributed by atoms with E-state index in [-0.39, 0.29) is 17.7 Å². The number of hydrogen-bond donors (Lipinski definition) is 2. The van der Waals surface area contributed by atoms with Crippen LogP contribution in [0.5, 0.6) is 0 Å². The van der Waals surface area contributed by atoms with Crippen molar-refractivity contribution in [1.29, 1.82) is 0 Å². The Bertz CT molecular complexity index is 373. The quantitative estimate of drug-likeness (QED) is 0.779. The third-order valence-electron chi connectivity index (χ3n) is 3.64. The summed E-state index contributed by atoms with van der Waals surface area (Å²) in [6.07, 6.45) is 2.43. The van der Waals surface area contributed by atoms with Gasteiger partial charge in [0.2, 0.25) is 5.91 Å². The minimum absolute atomic E-state index is 0.0442. The summed E-state index contributed by atoms with van der Waals surface area (Å²) < 4.78 is 5.37. The van der Waals surface area contributed by atoms with E-state index < -0.39 is 23.7 Å². The first-order valence-corrected chi connectivity index (χ1v) is 7.81. The third-order valence-corrected chi connectivity index (χ3v) is 3.64. The lowest BCUT2D eigenvalue weighted by atomic mass is 9.86. The van der Waals surface area contributed by atoms with E-state index in [9.17, 15) is 14.7 Å². The van der Waals surface area contributed by atoms with Crippen LogP contribution in [0.25, 0.3) is 0 Å². The second-order valence-electron chi connectivity index (χ2n) is 7.28. The van der Waals surface area contributed by atoms with Crippen molar-refractivity contribution in [2.75, 3.05) is 0 Å². The van der Waals surface area contributed by atoms with Crippen LogP contribution < -0.4 is 5.32 Å². The molecule has 21 heavy (non-hydrogen) atoms. The first-order chi connectivity index (χ1) is 9.60. The van der Waals surface area contributed by atoms with Crippen molar-refractivity contribution >= 4 is 11.9 Å². The van der Waals surface area contributed by atoms with Crippen LogP contribution >= 0.6 is 0 Å². The van der Waals surface area contributed by atoms with Gasteiger partial charge in [0.15, 0.2) is 0 Å². The number of rotatable bonds is 4. The first-order valence-electron chi connectivity index (χ1n) is 7.81. The molecule has 1 amide bonds. The van der Waals surface area contributed by atoms with Gasteiger partial charge in [0.05, 0.1) is 6.10 Å². The van der Waals surface area contributed by atoms with Crippen LogP contribution in [0, 0.1) is 11.8 Å². The summed E-state index contributed by atoms with van der Waals surface area (Å²) in [5.41, 5.74) is -0.573. The number of esters is 1. The maximum absolute atomic E-state index is 12.3. The number of aliphatic hydroxyl groups is 1. The van der Waals surface area contributed by atoms with E-state index in [4.69, 9.17) is 4.74 Å². The summed E-state index contributed by atoms with van der Waals surface area (Å²) in [6, 6.07) is -0.643. The Hall–Kier alpha value is -1.10. The second-order valence-corrected chi connectivity index (χ2v) is 7.28. The van der Waals surface area contributed by atoms with Gasteiger partial charge >= 0.3 is 5.97 Å². The Morgan fingerprint density at radius 1 is 1.24 bits per heavy atom. The molecular formula is C16H29NO4. The standard InChI is InChI=1S/C16H29NO4/c1-10(2)13(15(20)21-16(3,4)5)17-14(19)11-7-6-8-12(18)9-11/h10-13,18H,6-9H2,1-5H3,(H,17,19)/t11?,12?,13-/m0/s1. The van der Waals surface area contributed by atoms with E-state index in [1.165, 1.54) is 0 Å². The highest BCUT2D eigenvalue weighted by Gasteiger charge is 2.33. The van der Waals surface area contributed by atoms with Crippen LogP contribution in [0.3, 0.4) is 0 Å². The van der Waals surface area contributed by atoms with Crippen LogP contribution in [0.15, 0.2) is 0 Å². The molecule has 1 rings (SSSR count). The molecule has 0 aliphatic heterocycles. The molecule has 0 aromatic heterocycles. The van der Waals surface area contributed by atoms with Gasteiger partial charge in [-0.2, -0.15) is 0 Å². The van der Waals surface area contributed by atoms with Crippen LogP contribution in [0.4, 0.5) is 0 Å². The fourth-order valence-corrected chi connectivity index (χ4v) is 2.54. The van der Waals surface area contributed by atoms with Crippen molar-refractivity contribution in [2.45, 2.75) is 78.0 Å². The number of amides is 1. The predicted octanol–water partition coefficient (Wildman–Crippen LogP) is 2.02. The molecule has 0 aromatic rings. The van der Waals surface area contributed by atoms with E-state index >= 15 is 0 Å². The molecule has 0 saturated heterocycles. The topological polar surface area (TPSA) is 75.6 Å². The lowest BCUT2D eigenvalue weighted by molar-refractivity contribution is -0.160. The summed E-state index contributed by atoms with van der Waals surface area (Å²) in [4.78, 5) is 24.5. The number of nitrogens with one attached hydrogen (secondary N) is 1. The Labute approximate surface area is 127 Å².